The van der Waals surface area contributed by atoms with Crippen LogP contribution >= 0.6 is 0 Å². The van der Waals surface area contributed by atoms with Crippen LogP contribution in [0.15, 0.2) is 18.2 Å². The van der Waals surface area contributed by atoms with E-state index in [0.717, 1.165) is 18.7 Å². The predicted octanol–water partition coefficient (Wildman–Crippen LogP) is 4.94. The van der Waals surface area contributed by atoms with Gasteiger partial charge in [-0.3, -0.25) is 0 Å². The highest BCUT2D eigenvalue weighted by Crippen LogP contribution is 2.34. The van der Waals surface area contributed by atoms with E-state index in [1.165, 1.54) is 6.07 Å². The summed E-state index contributed by atoms with van der Waals surface area (Å²) in [5.74, 6) is 0.0667. The van der Waals surface area contributed by atoms with Crippen LogP contribution in [0.3, 0.4) is 0 Å². The molecule has 38 heavy (non-hydrogen) atoms. The Kier molecular flexibility index (Phi) is 7.83. The van der Waals surface area contributed by atoms with Crippen LogP contribution in [0, 0.1) is 0 Å². The Balaban J connectivity index is 1.82. The van der Waals surface area contributed by atoms with Crippen LogP contribution in [0.4, 0.5) is 35.9 Å². The maximum absolute atomic E-state index is 13.3. The van der Waals surface area contributed by atoms with Crippen molar-refractivity contribution in [2.75, 3.05) is 13.2 Å². The molecule has 1 aliphatic rings. The fraction of sp³-hybridized carbons (Fsp3) is 0.609. The van der Waals surface area contributed by atoms with Crippen molar-refractivity contribution in [1.82, 2.24) is 25.5 Å². The number of urea groups is 1. The molecule has 9 nitrogen and oxygen atoms in total. The summed E-state index contributed by atoms with van der Waals surface area (Å²) < 4.78 is 89.1. The van der Waals surface area contributed by atoms with E-state index in [2.05, 4.69) is 15.3 Å². The maximum Gasteiger partial charge on any atom is 0.416 e. The molecule has 3 rings (SSSR count). The lowest BCUT2D eigenvalue weighted by atomic mass is 10.1. The highest BCUT2D eigenvalue weighted by Gasteiger charge is 2.49. The summed E-state index contributed by atoms with van der Waals surface area (Å²) in [7, 11) is 0. The van der Waals surface area contributed by atoms with Gasteiger partial charge in [0.05, 0.1) is 24.2 Å². The highest BCUT2D eigenvalue weighted by atomic mass is 19.4. The van der Waals surface area contributed by atoms with Crippen molar-refractivity contribution in [3.8, 4) is 0 Å². The van der Waals surface area contributed by atoms with Crippen LogP contribution in [0.2, 0.25) is 0 Å². The first kappa shape index (κ1) is 29.3. The lowest BCUT2D eigenvalue weighted by Crippen LogP contribution is -2.45. The minimum Gasteiger partial charge on any atom is -0.444 e. The normalized spacial score (nSPS) is 18.0. The number of alkyl carbamates (subject to hydrolysis) is 1. The van der Waals surface area contributed by atoms with Crippen molar-refractivity contribution in [3.63, 3.8) is 0 Å². The molecular formula is C23H29F6N5O4. The number of carbonyl (C=O) groups is 2. The summed E-state index contributed by atoms with van der Waals surface area (Å²) in [5.41, 5.74) is -2.16. The first-order valence-corrected chi connectivity index (χ1v) is 11.6. The topological polar surface area (TPSA) is 109 Å². The summed E-state index contributed by atoms with van der Waals surface area (Å²) in [4.78, 5) is 32.6. The standard InChI is InChI=1S/C23H29F6N5O4/c1-20(2,3)38-19(36)32-15(11-37-21(4,5)23(27,28)29)17-30-13-7-6-12(8-14(13)31-17)9-34-10-16(22(24,25)26)33-18(34)35/h6-8,15-16H,9-11H2,1-5H3,(H,30,31)(H,32,36)(H,33,35)/t15-,16-/m0/s1. The Hall–Kier alpha value is -3.23. The van der Waals surface area contributed by atoms with Crippen molar-refractivity contribution in [2.45, 2.75) is 76.8 Å². The average Bonchev–Trinajstić information content (AvgIpc) is 3.32. The zero-order valence-corrected chi connectivity index (χ0v) is 21.3. The second-order valence-corrected chi connectivity index (χ2v) is 10.4. The van der Waals surface area contributed by atoms with Gasteiger partial charge in [0, 0.05) is 6.54 Å². The van der Waals surface area contributed by atoms with Crippen molar-refractivity contribution < 1.29 is 45.4 Å². The number of carbonyl (C=O) groups excluding carboxylic acids is 2. The molecule has 2 atom stereocenters. The van der Waals surface area contributed by atoms with Crippen molar-refractivity contribution in [1.29, 1.82) is 0 Å². The van der Waals surface area contributed by atoms with Gasteiger partial charge in [0.2, 0.25) is 0 Å². The number of benzene rings is 1. The fourth-order valence-electron chi connectivity index (χ4n) is 3.48. The Morgan fingerprint density at radius 2 is 1.82 bits per heavy atom. The molecule has 212 valence electrons. The van der Waals surface area contributed by atoms with E-state index in [0.29, 0.717) is 16.6 Å². The molecule has 1 saturated heterocycles. The van der Waals surface area contributed by atoms with Gasteiger partial charge in [0.25, 0.3) is 0 Å². The van der Waals surface area contributed by atoms with Crippen LogP contribution in [0.25, 0.3) is 11.0 Å². The third-order valence-electron chi connectivity index (χ3n) is 5.64. The molecular weight excluding hydrogens is 524 g/mol. The number of imidazole rings is 1. The predicted molar refractivity (Wildman–Crippen MR) is 123 cm³/mol. The molecule has 0 saturated carbocycles. The Labute approximate surface area is 214 Å². The highest BCUT2D eigenvalue weighted by molar-refractivity contribution is 5.78. The van der Waals surface area contributed by atoms with E-state index < -0.39 is 60.9 Å². The fourth-order valence-corrected chi connectivity index (χ4v) is 3.48. The van der Waals surface area contributed by atoms with E-state index in [4.69, 9.17) is 9.47 Å². The number of hydrogen-bond donors (Lipinski definition) is 3. The molecule has 2 heterocycles. The molecule has 3 N–H and O–H groups in total. The van der Waals surface area contributed by atoms with Gasteiger partial charge in [-0.1, -0.05) is 6.07 Å². The molecule has 1 fully saturated rings. The second kappa shape index (κ2) is 10.2. The monoisotopic (exact) mass is 553 g/mol. The molecule has 0 spiro atoms. The summed E-state index contributed by atoms with van der Waals surface area (Å²) in [6.45, 7) is 5.27. The van der Waals surface area contributed by atoms with Crippen LogP contribution in [0.1, 0.15) is 52.0 Å². The number of aromatic amines is 1. The number of aromatic nitrogens is 2. The number of rotatable bonds is 7. The van der Waals surface area contributed by atoms with Gasteiger partial charge in [0.1, 0.15) is 23.5 Å². The van der Waals surface area contributed by atoms with Gasteiger partial charge in [-0.05, 0) is 52.3 Å². The van der Waals surface area contributed by atoms with E-state index in [1.807, 2.05) is 5.32 Å². The molecule has 15 heteroatoms. The quantitative estimate of drug-likeness (QED) is 0.421. The van der Waals surface area contributed by atoms with Crippen LogP contribution < -0.4 is 10.6 Å². The molecule has 1 aromatic heterocycles. The molecule has 0 radical (unpaired) electrons. The number of H-pyrrole nitrogens is 1. The number of amides is 3. The van der Waals surface area contributed by atoms with Gasteiger partial charge in [-0.2, -0.15) is 26.3 Å². The first-order valence-electron chi connectivity index (χ1n) is 11.6. The molecule has 1 aliphatic heterocycles. The average molecular weight is 554 g/mol. The van der Waals surface area contributed by atoms with Crippen LogP contribution in [0.5, 0.6) is 0 Å². The van der Waals surface area contributed by atoms with Crippen molar-refractivity contribution in [3.05, 3.63) is 29.6 Å². The second-order valence-electron chi connectivity index (χ2n) is 10.4. The van der Waals surface area contributed by atoms with Crippen molar-refractivity contribution in [2.24, 2.45) is 0 Å². The number of nitrogens with one attached hydrogen (secondary N) is 3. The van der Waals surface area contributed by atoms with Crippen LogP contribution in [-0.2, 0) is 16.0 Å². The lowest BCUT2D eigenvalue weighted by molar-refractivity contribution is -0.265. The number of alkyl halides is 6. The summed E-state index contributed by atoms with van der Waals surface area (Å²) in [6, 6.07) is 0.637. The van der Waals surface area contributed by atoms with E-state index in [1.54, 1.807) is 32.9 Å². The minimum atomic E-state index is -4.68. The molecule has 1 aromatic carbocycles. The summed E-state index contributed by atoms with van der Waals surface area (Å²) >= 11 is 0. The van der Waals surface area contributed by atoms with E-state index >= 15 is 0 Å². The molecule has 3 amide bonds. The zero-order valence-electron chi connectivity index (χ0n) is 21.3. The number of nitrogens with zero attached hydrogens (tertiary/aromatic N) is 2. The Morgan fingerprint density at radius 1 is 1.16 bits per heavy atom. The van der Waals surface area contributed by atoms with Crippen molar-refractivity contribution >= 4 is 23.2 Å². The third kappa shape index (κ3) is 7.20. The SMILES string of the molecule is CC(C)(C)OC(=O)N[C@@H](COC(C)(C)C(F)(F)F)c1nc2ccc(CN3C[C@@H](C(F)(F)F)NC3=O)cc2[nH]1. The van der Waals surface area contributed by atoms with Gasteiger partial charge in [0.15, 0.2) is 5.60 Å². The largest absolute Gasteiger partial charge is 0.444 e. The Bertz CT molecular complexity index is 1170. The number of fused-ring (bicyclic) bond motifs is 1. The number of ether oxygens (including phenoxy) is 2. The van der Waals surface area contributed by atoms with Gasteiger partial charge < -0.3 is 30.0 Å². The maximum atomic E-state index is 13.3. The van der Waals surface area contributed by atoms with E-state index in [9.17, 15) is 35.9 Å². The number of halogens is 6. The first-order chi connectivity index (χ1) is 17.2. The van der Waals surface area contributed by atoms with E-state index in [-0.39, 0.29) is 12.4 Å². The summed E-state index contributed by atoms with van der Waals surface area (Å²) in [5, 5.41) is 4.35. The third-order valence-corrected chi connectivity index (χ3v) is 5.64. The Morgan fingerprint density at radius 3 is 2.37 bits per heavy atom. The molecule has 0 unspecified atom stereocenters. The zero-order chi connectivity index (χ0) is 28.7. The summed E-state index contributed by atoms with van der Waals surface area (Å²) in [6.07, 6.45) is -10.2. The molecule has 0 bridgehead atoms. The van der Waals surface area contributed by atoms with Gasteiger partial charge in [-0.15, -0.1) is 0 Å². The molecule has 2 aromatic rings. The minimum absolute atomic E-state index is 0.0667. The smallest absolute Gasteiger partial charge is 0.416 e. The van der Waals surface area contributed by atoms with Gasteiger partial charge >= 0.3 is 24.5 Å². The van der Waals surface area contributed by atoms with Crippen LogP contribution in [-0.4, -0.2) is 69.7 Å². The number of hydrogen-bond acceptors (Lipinski definition) is 5. The van der Waals surface area contributed by atoms with Gasteiger partial charge in [-0.25, -0.2) is 14.6 Å². The molecule has 0 aliphatic carbocycles. The lowest BCUT2D eigenvalue weighted by Gasteiger charge is -2.30.